The van der Waals surface area contributed by atoms with E-state index < -0.39 is 0 Å². The van der Waals surface area contributed by atoms with Gasteiger partial charge in [0.1, 0.15) is 0 Å². The van der Waals surface area contributed by atoms with Crippen LogP contribution in [0.25, 0.3) is 5.69 Å². The van der Waals surface area contributed by atoms with E-state index in [1.165, 1.54) is 17.8 Å². The topological polar surface area (TPSA) is 52.8 Å². The Kier molecular flexibility index (Phi) is 5.10. The van der Waals surface area contributed by atoms with Gasteiger partial charge in [-0.1, -0.05) is 36.0 Å². The highest BCUT2D eigenvalue weighted by molar-refractivity contribution is 7.99. The Labute approximate surface area is 143 Å². The molecule has 1 heterocycles. The van der Waals surface area contributed by atoms with Crippen molar-refractivity contribution in [3.63, 3.8) is 0 Å². The van der Waals surface area contributed by atoms with Crippen molar-refractivity contribution < 1.29 is 9.13 Å². The first-order valence-corrected chi connectivity index (χ1v) is 8.50. The van der Waals surface area contributed by atoms with Crippen LogP contribution < -0.4 is 4.74 Å². The highest BCUT2D eigenvalue weighted by Gasteiger charge is 2.11. The molecule has 0 radical (unpaired) electrons. The standard InChI is InChI=1S/C17H17FN4OS/c1-12-7-8-13(2)15(11-12)22-17(19-20-21-22)24-10-9-23-16-6-4-3-5-14(16)18/h3-8,11H,9-10H2,1-2H3. The summed E-state index contributed by atoms with van der Waals surface area (Å²) < 4.78 is 20.7. The molecule has 0 aliphatic heterocycles. The smallest absolute Gasteiger partial charge is 0.214 e. The first kappa shape index (κ1) is 16.4. The summed E-state index contributed by atoms with van der Waals surface area (Å²) in [5.41, 5.74) is 3.19. The van der Waals surface area contributed by atoms with Gasteiger partial charge in [0, 0.05) is 5.75 Å². The molecule has 0 amide bonds. The van der Waals surface area contributed by atoms with E-state index in [1.54, 1.807) is 22.9 Å². The van der Waals surface area contributed by atoms with Gasteiger partial charge in [-0.25, -0.2) is 4.39 Å². The molecule has 0 atom stereocenters. The molecule has 0 spiro atoms. The lowest BCUT2D eigenvalue weighted by Crippen LogP contribution is -2.05. The van der Waals surface area contributed by atoms with Gasteiger partial charge in [0.25, 0.3) is 0 Å². The number of nitrogens with zero attached hydrogens (tertiary/aromatic N) is 4. The first-order valence-electron chi connectivity index (χ1n) is 7.51. The van der Waals surface area contributed by atoms with Gasteiger partial charge in [-0.2, -0.15) is 4.68 Å². The van der Waals surface area contributed by atoms with Gasteiger partial charge in [0.05, 0.1) is 12.3 Å². The zero-order valence-electron chi connectivity index (χ0n) is 13.4. The van der Waals surface area contributed by atoms with Gasteiger partial charge in [-0.3, -0.25) is 0 Å². The molecule has 0 fully saturated rings. The number of aromatic nitrogens is 4. The zero-order valence-corrected chi connectivity index (χ0v) is 14.3. The van der Waals surface area contributed by atoms with Gasteiger partial charge in [-0.05, 0) is 53.6 Å². The summed E-state index contributed by atoms with van der Waals surface area (Å²) in [6.45, 7) is 4.42. The van der Waals surface area contributed by atoms with Gasteiger partial charge in [0.15, 0.2) is 11.6 Å². The fourth-order valence-corrected chi connectivity index (χ4v) is 2.91. The van der Waals surface area contributed by atoms with Crippen LogP contribution in [0.15, 0.2) is 47.6 Å². The number of hydrogen-bond donors (Lipinski definition) is 0. The summed E-state index contributed by atoms with van der Waals surface area (Å²) in [5, 5.41) is 12.6. The number of para-hydroxylation sites is 1. The van der Waals surface area contributed by atoms with Crippen molar-refractivity contribution >= 4 is 11.8 Å². The van der Waals surface area contributed by atoms with E-state index in [-0.39, 0.29) is 11.6 Å². The van der Waals surface area contributed by atoms with E-state index in [0.717, 1.165) is 16.8 Å². The third-order valence-corrected chi connectivity index (χ3v) is 4.33. The van der Waals surface area contributed by atoms with E-state index in [1.807, 2.05) is 26.0 Å². The number of hydrogen-bond acceptors (Lipinski definition) is 5. The maximum absolute atomic E-state index is 13.5. The van der Waals surface area contributed by atoms with Crippen LogP contribution in [0.1, 0.15) is 11.1 Å². The second kappa shape index (κ2) is 7.44. The van der Waals surface area contributed by atoms with E-state index in [2.05, 4.69) is 21.6 Å². The van der Waals surface area contributed by atoms with Gasteiger partial charge in [0.2, 0.25) is 5.16 Å². The fraction of sp³-hybridized carbons (Fsp3) is 0.235. The third kappa shape index (κ3) is 3.73. The number of ether oxygens (including phenoxy) is 1. The van der Waals surface area contributed by atoms with Crippen molar-refractivity contribution in [2.45, 2.75) is 19.0 Å². The molecule has 3 rings (SSSR count). The molecule has 5 nitrogen and oxygen atoms in total. The Balaban J connectivity index is 1.64. The highest BCUT2D eigenvalue weighted by atomic mass is 32.2. The molecule has 0 bridgehead atoms. The molecular formula is C17H17FN4OS. The minimum absolute atomic E-state index is 0.257. The molecule has 0 unspecified atom stereocenters. The molecule has 124 valence electrons. The lowest BCUT2D eigenvalue weighted by Gasteiger charge is -2.09. The molecule has 0 saturated heterocycles. The molecule has 0 saturated carbocycles. The molecule has 24 heavy (non-hydrogen) atoms. The Morgan fingerprint density at radius 3 is 2.83 bits per heavy atom. The molecule has 3 aromatic rings. The van der Waals surface area contributed by atoms with E-state index in [9.17, 15) is 4.39 Å². The number of tetrazole rings is 1. The van der Waals surface area contributed by atoms with Crippen molar-refractivity contribution in [3.05, 3.63) is 59.4 Å². The maximum atomic E-state index is 13.5. The van der Waals surface area contributed by atoms with Crippen molar-refractivity contribution in [1.29, 1.82) is 0 Å². The van der Waals surface area contributed by atoms with Gasteiger partial charge < -0.3 is 4.74 Å². The van der Waals surface area contributed by atoms with Crippen LogP contribution >= 0.6 is 11.8 Å². The van der Waals surface area contributed by atoms with Crippen LogP contribution in [-0.2, 0) is 0 Å². The van der Waals surface area contributed by atoms with Crippen LogP contribution in [0.3, 0.4) is 0 Å². The van der Waals surface area contributed by atoms with Crippen LogP contribution in [0, 0.1) is 19.7 Å². The predicted molar refractivity (Wildman–Crippen MR) is 91.2 cm³/mol. The Morgan fingerprint density at radius 1 is 1.17 bits per heavy atom. The zero-order chi connectivity index (χ0) is 16.9. The number of halogens is 1. The summed E-state index contributed by atoms with van der Waals surface area (Å²) in [5.74, 6) is 0.509. The normalized spacial score (nSPS) is 10.8. The molecule has 0 aliphatic rings. The summed E-state index contributed by atoms with van der Waals surface area (Å²) in [4.78, 5) is 0. The third-order valence-electron chi connectivity index (χ3n) is 3.44. The number of benzene rings is 2. The molecule has 0 N–H and O–H groups in total. The predicted octanol–water partition coefficient (Wildman–Crippen LogP) is 3.59. The SMILES string of the molecule is Cc1ccc(C)c(-n2nnnc2SCCOc2ccccc2F)c1. The quantitative estimate of drug-likeness (QED) is 0.505. The van der Waals surface area contributed by atoms with E-state index in [4.69, 9.17) is 4.74 Å². The minimum Gasteiger partial charge on any atom is -0.490 e. The Hall–Kier alpha value is -2.41. The first-order chi connectivity index (χ1) is 11.6. The molecule has 7 heteroatoms. The molecule has 0 aliphatic carbocycles. The second-order valence-electron chi connectivity index (χ2n) is 5.29. The van der Waals surface area contributed by atoms with Crippen molar-refractivity contribution in [2.24, 2.45) is 0 Å². The van der Waals surface area contributed by atoms with Gasteiger partial charge >= 0.3 is 0 Å². The van der Waals surface area contributed by atoms with Crippen LogP contribution in [0.5, 0.6) is 5.75 Å². The largest absolute Gasteiger partial charge is 0.490 e. The fourth-order valence-electron chi connectivity index (χ4n) is 2.21. The number of rotatable bonds is 6. The molecule has 1 aromatic heterocycles. The molecular weight excluding hydrogens is 327 g/mol. The highest BCUT2D eigenvalue weighted by Crippen LogP contribution is 2.22. The lowest BCUT2D eigenvalue weighted by molar-refractivity contribution is 0.325. The summed E-state index contributed by atoms with van der Waals surface area (Å²) in [7, 11) is 0. The van der Waals surface area contributed by atoms with Gasteiger partial charge in [-0.15, -0.1) is 5.10 Å². The van der Waals surface area contributed by atoms with E-state index >= 15 is 0 Å². The lowest BCUT2D eigenvalue weighted by atomic mass is 10.1. The minimum atomic E-state index is -0.359. The maximum Gasteiger partial charge on any atom is 0.214 e. The number of aryl methyl sites for hydroxylation is 2. The van der Waals surface area contributed by atoms with Crippen LogP contribution in [-0.4, -0.2) is 32.6 Å². The molecule has 2 aromatic carbocycles. The van der Waals surface area contributed by atoms with E-state index in [0.29, 0.717) is 17.5 Å². The Morgan fingerprint density at radius 2 is 2.00 bits per heavy atom. The van der Waals surface area contributed by atoms with Crippen molar-refractivity contribution in [2.75, 3.05) is 12.4 Å². The average molecular weight is 344 g/mol. The summed E-state index contributed by atoms with van der Waals surface area (Å²) >= 11 is 1.47. The van der Waals surface area contributed by atoms with Crippen LogP contribution in [0.4, 0.5) is 4.39 Å². The summed E-state index contributed by atoms with van der Waals surface area (Å²) in [6.07, 6.45) is 0. The van der Waals surface area contributed by atoms with Crippen molar-refractivity contribution in [1.82, 2.24) is 20.2 Å². The Bertz CT molecular complexity index is 837. The number of thioether (sulfide) groups is 1. The van der Waals surface area contributed by atoms with Crippen molar-refractivity contribution in [3.8, 4) is 11.4 Å². The second-order valence-corrected chi connectivity index (χ2v) is 6.35. The summed E-state index contributed by atoms with van der Waals surface area (Å²) in [6, 6.07) is 12.5. The van der Waals surface area contributed by atoms with Crippen LogP contribution in [0.2, 0.25) is 0 Å². The monoisotopic (exact) mass is 344 g/mol. The average Bonchev–Trinajstić information content (AvgIpc) is 3.03.